The number of hydrogen-bond donors (Lipinski definition) is 2. The SMILES string of the molecule is CC1CN(C2CS(=O)(=O)CC2O)CC1C(=O)O. The van der Waals surface area contributed by atoms with Crippen molar-refractivity contribution in [3.05, 3.63) is 0 Å². The van der Waals surface area contributed by atoms with Gasteiger partial charge >= 0.3 is 5.97 Å². The molecule has 0 saturated carbocycles. The van der Waals surface area contributed by atoms with E-state index in [0.29, 0.717) is 13.1 Å². The molecule has 4 atom stereocenters. The quantitative estimate of drug-likeness (QED) is 0.649. The predicted molar refractivity (Wildman–Crippen MR) is 60.3 cm³/mol. The number of carbonyl (C=O) groups is 1. The van der Waals surface area contributed by atoms with Crippen molar-refractivity contribution in [1.82, 2.24) is 4.90 Å². The van der Waals surface area contributed by atoms with Gasteiger partial charge in [0, 0.05) is 13.1 Å². The highest BCUT2D eigenvalue weighted by molar-refractivity contribution is 7.91. The summed E-state index contributed by atoms with van der Waals surface area (Å²) >= 11 is 0. The summed E-state index contributed by atoms with van der Waals surface area (Å²) in [5, 5.41) is 18.7. The molecule has 7 heteroatoms. The Kier molecular flexibility index (Phi) is 3.17. The number of nitrogens with zero attached hydrogens (tertiary/aromatic N) is 1. The third-order valence-electron chi connectivity index (χ3n) is 3.72. The topological polar surface area (TPSA) is 94.9 Å². The number of sulfone groups is 1. The molecule has 2 fully saturated rings. The molecule has 0 bridgehead atoms. The number of hydrogen-bond acceptors (Lipinski definition) is 5. The van der Waals surface area contributed by atoms with Crippen LogP contribution in [0.4, 0.5) is 0 Å². The van der Waals surface area contributed by atoms with E-state index in [1.165, 1.54) is 0 Å². The van der Waals surface area contributed by atoms with Crippen LogP contribution in [-0.2, 0) is 14.6 Å². The van der Waals surface area contributed by atoms with Gasteiger partial charge in [-0.2, -0.15) is 0 Å². The zero-order valence-electron chi connectivity index (χ0n) is 9.61. The van der Waals surface area contributed by atoms with Crippen LogP contribution in [0.1, 0.15) is 6.92 Å². The van der Waals surface area contributed by atoms with Gasteiger partial charge in [-0.05, 0) is 5.92 Å². The summed E-state index contributed by atoms with van der Waals surface area (Å²) in [5.74, 6) is -1.60. The first-order valence-electron chi connectivity index (χ1n) is 5.65. The van der Waals surface area contributed by atoms with Gasteiger partial charge in [0.2, 0.25) is 0 Å². The van der Waals surface area contributed by atoms with Crippen molar-refractivity contribution in [2.24, 2.45) is 11.8 Å². The van der Waals surface area contributed by atoms with E-state index in [1.807, 2.05) is 6.92 Å². The largest absolute Gasteiger partial charge is 0.481 e. The molecule has 0 spiro atoms. The lowest BCUT2D eigenvalue weighted by Gasteiger charge is -2.25. The van der Waals surface area contributed by atoms with Gasteiger partial charge in [-0.1, -0.05) is 6.92 Å². The zero-order chi connectivity index (χ0) is 12.8. The van der Waals surface area contributed by atoms with E-state index in [9.17, 15) is 18.3 Å². The molecule has 6 nitrogen and oxygen atoms in total. The monoisotopic (exact) mass is 263 g/mol. The summed E-state index contributed by atoms with van der Waals surface area (Å²) in [6.07, 6.45) is -0.889. The molecule has 2 heterocycles. The fourth-order valence-electron chi connectivity index (χ4n) is 2.76. The molecule has 2 saturated heterocycles. The summed E-state index contributed by atoms with van der Waals surface area (Å²) in [4.78, 5) is 12.8. The van der Waals surface area contributed by atoms with Crippen LogP contribution in [0.2, 0.25) is 0 Å². The lowest BCUT2D eigenvalue weighted by molar-refractivity contribution is -0.142. The van der Waals surface area contributed by atoms with E-state index in [2.05, 4.69) is 0 Å². The van der Waals surface area contributed by atoms with Crippen LogP contribution < -0.4 is 0 Å². The Morgan fingerprint density at radius 3 is 2.35 bits per heavy atom. The third kappa shape index (κ3) is 2.46. The van der Waals surface area contributed by atoms with Crippen LogP contribution in [-0.4, -0.2) is 66.2 Å². The molecule has 98 valence electrons. The molecule has 0 aromatic carbocycles. The van der Waals surface area contributed by atoms with Crippen molar-refractivity contribution in [3.8, 4) is 0 Å². The smallest absolute Gasteiger partial charge is 0.308 e. The third-order valence-corrected chi connectivity index (χ3v) is 5.42. The number of likely N-dealkylation sites (tertiary alicyclic amines) is 1. The van der Waals surface area contributed by atoms with Gasteiger partial charge in [0.1, 0.15) is 0 Å². The minimum absolute atomic E-state index is 0.0111. The standard InChI is InChI=1S/C10H17NO5S/c1-6-2-11(3-7(6)10(13)14)8-4-17(15,16)5-9(8)12/h6-9,12H,2-5H2,1H3,(H,13,14). The Balaban J connectivity index is 2.09. The summed E-state index contributed by atoms with van der Waals surface area (Å²) in [6, 6.07) is -0.438. The van der Waals surface area contributed by atoms with Gasteiger partial charge < -0.3 is 10.2 Å². The maximum atomic E-state index is 11.4. The van der Waals surface area contributed by atoms with Crippen LogP contribution in [0.3, 0.4) is 0 Å². The lowest BCUT2D eigenvalue weighted by Crippen LogP contribution is -2.42. The number of aliphatic hydroxyl groups excluding tert-OH is 1. The molecule has 2 aliphatic rings. The molecule has 2 aliphatic heterocycles. The first-order chi connectivity index (χ1) is 7.80. The van der Waals surface area contributed by atoms with E-state index >= 15 is 0 Å². The van der Waals surface area contributed by atoms with Crippen LogP contribution in [0.25, 0.3) is 0 Å². The predicted octanol–water partition coefficient (Wildman–Crippen LogP) is -1.20. The molecule has 17 heavy (non-hydrogen) atoms. The molecule has 0 radical (unpaired) electrons. The molecule has 2 N–H and O–H groups in total. The van der Waals surface area contributed by atoms with Gasteiger partial charge in [0.15, 0.2) is 9.84 Å². The normalized spacial score (nSPS) is 41.8. The van der Waals surface area contributed by atoms with Crippen molar-refractivity contribution in [1.29, 1.82) is 0 Å². The zero-order valence-corrected chi connectivity index (χ0v) is 10.4. The van der Waals surface area contributed by atoms with Crippen LogP contribution >= 0.6 is 0 Å². The Morgan fingerprint density at radius 1 is 1.29 bits per heavy atom. The highest BCUT2D eigenvalue weighted by Crippen LogP contribution is 2.29. The van der Waals surface area contributed by atoms with Crippen molar-refractivity contribution < 1.29 is 23.4 Å². The van der Waals surface area contributed by atoms with E-state index < -0.39 is 33.9 Å². The number of aliphatic carboxylic acids is 1. The second kappa shape index (κ2) is 4.22. The highest BCUT2D eigenvalue weighted by atomic mass is 32.2. The summed E-state index contributed by atoms with van der Waals surface area (Å²) < 4.78 is 22.8. The van der Waals surface area contributed by atoms with Gasteiger partial charge in [-0.15, -0.1) is 0 Å². The molecular weight excluding hydrogens is 246 g/mol. The number of rotatable bonds is 2. The van der Waals surface area contributed by atoms with E-state index in [1.54, 1.807) is 4.90 Å². The summed E-state index contributed by atoms with van der Waals surface area (Å²) in [5.41, 5.74) is 0. The van der Waals surface area contributed by atoms with E-state index in [4.69, 9.17) is 5.11 Å². The van der Waals surface area contributed by atoms with E-state index in [0.717, 1.165) is 0 Å². The Bertz CT molecular complexity index is 420. The van der Waals surface area contributed by atoms with Gasteiger partial charge in [0.25, 0.3) is 0 Å². The Labute approximate surface area is 100 Å². The van der Waals surface area contributed by atoms with Gasteiger partial charge in [0.05, 0.1) is 29.6 Å². The molecule has 0 amide bonds. The minimum Gasteiger partial charge on any atom is -0.481 e. The number of carboxylic acids is 1. The van der Waals surface area contributed by atoms with Crippen molar-refractivity contribution in [2.75, 3.05) is 24.6 Å². The Morgan fingerprint density at radius 2 is 1.94 bits per heavy atom. The molecule has 2 rings (SSSR count). The van der Waals surface area contributed by atoms with Crippen LogP contribution in [0.5, 0.6) is 0 Å². The molecule has 0 aromatic rings. The van der Waals surface area contributed by atoms with Crippen molar-refractivity contribution >= 4 is 15.8 Å². The Hall–Kier alpha value is -0.660. The molecule has 0 aromatic heterocycles. The first kappa shape index (κ1) is 12.8. The molecule has 0 aliphatic carbocycles. The first-order valence-corrected chi connectivity index (χ1v) is 7.47. The second-order valence-corrected chi connectivity index (χ2v) is 7.24. The van der Waals surface area contributed by atoms with Crippen LogP contribution in [0.15, 0.2) is 0 Å². The van der Waals surface area contributed by atoms with Crippen molar-refractivity contribution in [2.45, 2.75) is 19.1 Å². The fraction of sp³-hybridized carbons (Fsp3) is 0.900. The van der Waals surface area contributed by atoms with Crippen LogP contribution in [0, 0.1) is 11.8 Å². The average Bonchev–Trinajstić information content (AvgIpc) is 2.66. The van der Waals surface area contributed by atoms with E-state index in [-0.39, 0.29) is 17.4 Å². The second-order valence-electron chi connectivity index (χ2n) is 5.09. The van der Waals surface area contributed by atoms with Gasteiger partial charge in [-0.3, -0.25) is 9.69 Å². The average molecular weight is 263 g/mol. The maximum absolute atomic E-state index is 11.4. The van der Waals surface area contributed by atoms with Gasteiger partial charge in [-0.25, -0.2) is 8.42 Å². The minimum atomic E-state index is -3.18. The van der Waals surface area contributed by atoms with Crippen molar-refractivity contribution in [3.63, 3.8) is 0 Å². The molecule has 4 unspecified atom stereocenters. The lowest BCUT2D eigenvalue weighted by atomic mass is 9.99. The fourth-order valence-corrected chi connectivity index (χ4v) is 4.59. The summed E-state index contributed by atoms with van der Waals surface area (Å²) in [6.45, 7) is 2.70. The number of carboxylic acid groups (broad SMARTS) is 1. The number of aliphatic hydroxyl groups is 1. The summed E-state index contributed by atoms with van der Waals surface area (Å²) in [7, 11) is -3.18. The maximum Gasteiger partial charge on any atom is 0.308 e. The highest BCUT2D eigenvalue weighted by Gasteiger charge is 2.45. The molecular formula is C10H17NO5S.